The van der Waals surface area contributed by atoms with E-state index in [2.05, 4.69) is 0 Å². The lowest BCUT2D eigenvalue weighted by Gasteiger charge is -2.13. The summed E-state index contributed by atoms with van der Waals surface area (Å²) in [6, 6.07) is 6.59. The highest BCUT2D eigenvalue weighted by atomic mass is 16.5. The molecule has 0 saturated heterocycles. The molecule has 1 aromatic carbocycles. The number of hydrogen-bond donors (Lipinski definition) is 0. The summed E-state index contributed by atoms with van der Waals surface area (Å²) in [6.07, 6.45) is 1.67. The van der Waals surface area contributed by atoms with Crippen molar-refractivity contribution in [1.29, 1.82) is 0 Å². The van der Waals surface area contributed by atoms with Gasteiger partial charge < -0.3 is 4.74 Å². The van der Waals surface area contributed by atoms with Gasteiger partial charge in [-0.05, 0) is 25.0 Å². The zero-order valence-corrected chi connectivity index (χ0v) is 9.59. The summed E-state index contributed by atoms with van der Waals surface area (Å²) in [5.74, 6) is -1.18. The number of fused-ring (bicyclic) bond motifs is 1. The molecule has 0 N–H and O–H groups in total. The molecule has 5 heteroatoms. The second kappa shape index (κ2) is 3.94. The highest BCUT2D eigenvalue weighted by Crippen LogP contribution is 2.30. The van der Waals surface area contributed by atoms with Crippen LogP contribution in [0, 0.1) is 5.92 Å². The molecule has 0 radical (unpaired) electrons. The van der Waals surface area contributed by atoms with Crippen molar-refractivity contribution < 1.29 is 19.1 Å². The van der Waals surface area contributed by atoms with Gasteiger partial charge in [0.05, 0.1) is 17.0 Å². The monoisotopic (exact) mass is 245 g/mol. The van der Waals surface area contributed by atoms with Crippen LogP contribution in [0.15, 0.2) is 24.3 Å². The summed E-state index contributed by atoms with van der Waals surface area (Å²) in [6.45, 7) is -0.290. The molecule has 0 unspecified atom stereocenters. The van der Waals surface area contributed by atoms with Crippen molar-refractivity contribution in [3.8, 4) is 0 Å². The summed E-state index contributed by atoms with van der Waals surface area (Å²) in [7, 11) is 0. The largest absolute Gasteiger partial charge is 0.443 e. The van der Waals surface area contributed by atoms with E-state index in [0.717, 1.165) is 17.7 Å². The zero-order chi connectivity index (χ0) is 12.7. The predicted octanol–water partition coefficient (Wildman–Crippen LogP) is 1.19. The van der Waals surface area contributed by atoms with Crippen molar-refractivity contribution in [1.82, 2.24) is 4.90 Å². The Morgan fingerprint density at radius 2 is 1.72 bits per heavy atom. The first kappa shape index (κ1) is 11.0. The van der Waals surface area contributed by atoms with E-state index in [1.807, 2.05) is 0 Å². The maximum atomic E-state index is 11.9. The molecule has 1 aliphatic carbocycles. The van der Waals surface area contributed by atoms with Gasteiger partial charge in [0, 0.05) is 0 Å². The molecule has 2 aliphatic rings. The van der Waals surface area contributed by atoms with Crippen LogP contribution in [0.2, 0.25) is 0 Å². The Morgan fingerprint density at radius 1 is 1.17 bits per heavy atom. The highest BCUT2D eigenvalue weighted by molar-refractivity contribution is 6.21. The lowest BCUT2D eigenvalue weighted by Crippen LogP contribution is -2.33. The summed E-state index contributed by atoms with van der Waals surface area (Å²) in [5.41, 5.74) is 0.731. The Morgan fingerprint density at radius 3 is 2.22 bits per heavy atom. The van der Waals surface area contributed by atoms with Crippen LogP contribution in [0.1, 0.15) is 33.6 Å². The fourth-order valence-corrected chi connectivity index (χ4v) is 1.92. The molecule has 1 aliphatic heterocycles. The van der Waals surface area contributed by atoms with Crippen molar-refractivity contribution in [2.24, 2.45) is 5.92 Å². The average molecular weight is 245 g/mol. The van der Waals surface area contributed by atoms with E-state index in [0.29, 0.717) is 11.1 Å². The van der Waals surface area contributed by atoms with Gasteiger partial charge in [-0.15, -0.1) is 0 Å². The first-order valence-corrected chi connectivity index (χ1v) is 5.80. The van der Waals surface area contributed by atoms with Crippen molar-refractivity contribution in [2.75, 3.05) is 6.73 Å². The maximum absolute atomic E-state index is 11.9. The van der Waals surface area contributed by atoms with E-state index >= 15 is 0 Å². The van der Waals surface area contributed by atoms with Gasteiger partial charge in [-0.1, -0.05) is 12.1 Å². The van der Waals surface area contributed by atoms with E-state index in [4.69, 9.17) is 4.74 Å². The molecule has 3 rings (SSSR count). The number of carbonyl (C=O) groups is 3. The number of hydrogen-bond acceptors (Lipinski definition) is 4. The van der Waals surface area contributed by atoms with Crippen LogP contribution in [-0.2, 0) is 9.53 Å². The molecule has 0 spiro atoms. The number of benzene rings is 1. The smallest absolute Gasteiger partial charge is 0.310 e. The van der Waals surface area contributed by atoms with Crippen LogP contribution in [0.5, 0.6) is 0 Å². The van der Waals surface area contributed by atoms with Crippen LogP contribution >= 0.6 is 0 Å². The number of esters is 1. The summed E-state index contributed by atoms with van der Waals surface area (Å²) in [5, 5.41) is 0. The second-order valence-corrected chi connectivity index (χ2v) is 4.45. The van der Waals surface area contributed by atoms with Gasteiger partial charge in [0.25, 0.3) is 11.8 Å². The van der Waals surface area contributed by atoms with Crippen LogP contribution < -0.4 is 0 Å². The third-order valence-corrected chi connectivity index (χ3v) is 3.12. The van der Waals surface area contributed by atoms with Crippen LogP contribution in [-0.4, -0.2) is 29.4 Å². The molecule has 1 saturated carbocycles. The summed E-state index contributed by atoms with van der Waals surface area (Å²) in [4.78, 5) is 36.2. The zero-order valence-electron chi connectivity index (χ0n) is 9.59. The Balaban J connectivity index is 1.73. The first-order valence-electron chi connectivity index (χ1n) is 5.80. The van der Waals surface area contributed by atoms with Crippen LogP contribution in [0.25, 0.3) is 0 Å². The van der Waals surface area contributed by atoms with Crippen LogP contribution in [0.3, 0.4) is 0 Å². The van der Waals surface area contributed by atoms with Crippen molar-refractivity contribution in [2.45, 2.75) is 12.8 Å². The SMILES string of the molecule is O=C(OCN1C(=O)c2ccccc2C1=O)C1CC1. The fourth-order valence-electron chi connectivity index (χ4n) is 1.92. The molecular weight excluding hydrogens is 234 g/mol. The van der Waals surface area contributed by atoms with E-state index in [1.54, 1.807) is 24.3 Å². The topological polar surface area (TPSA) is 63.7 Å². The van der Waals surface area contributed by atoms with Crippen molar-refractivity contribution in [3.05, 3.63) is 35.4 Å². The number of ether oxygens (including phenoxy) is 1. The van der Waals surface area contributed by atoms with Gasteiger partial charge in [-0.2, -0.15) is 0 Å². The van der Waals surface area contributed by atoms with Gasteiger partial charge in [0.1, 0.15) is 0 Å². The number of carbonyl (C=O) groups excluding carboxylic acids is 3. The minimum absolute atomic E-state index is 0.0415. The molecule has 18 heavy (non-hydrogen) atoms. The first-order chi connectivity index (χ1) is 8.68. The van der Waals surface area contributed by atoms with Gasteiger partial charge in [-0.3, -0.25) is 14.4 Å². The third kappa shape index (κ3) is 1.68. The summed E-state index contributed by atoms with van der Waals surface area (Å²) < 4.78 is 4.97. The number of imide groups is 1. The highest BCUT2D eigenvalue weighted by Gasteiger charge is 2.37. The normalized spacial score (nSPS) is 17.9. The molecule has 92 valence electrons. The molecule has 1 aromatic rings. The van der Waals surface area contributed by atoms with Gasteiger partial charge in [-0.25, -0.2) is 4.90 Å². The Hall–Kier alpha value is -2.17. The molecule has 0 atom stereocenters. The van der Waals surface area contributed by atoms with Crippen molar-refractivity contribution >= 4 is 17.8 Å². The number of amides is 2. The number of nitrogens with zero attached hydrogens (tertiary/aromatic N) is 1. The van der Waals surface area contributed by atoms with E-state index in [9.17, 15) is 14.4 Å². The third-order valence-electron chi connectivity index (χ3n) is 3.12. The fraction of sp³-hybridized carbons (Fsp3) is 0.308. The maximum Gasteiger partial charge on any atom is 0.310 e. The lowest BCUT2D eigenvalue weighted by atomic mass is 10.1. The van der Waals surface area contributed by atoms with Crippen molar-refractivity contribution in [3.63, 3.8) is 0 Å². The molecule has 1 heterocycles. The molecule has 2 amide bonds. The van der Waals surface area contributed by atoms with E-state index in [-0.39, 0.29) is 18.6 Å². The molecule has 1 fully saturated rings. The quantitative estimate of drug-likeness (QED) is 0.592. The minimum atomic E-state index is -0.404. The van der Waals surface area contributed by atoms with Gasteiger partial charge in [0.2, 0.25) is 0 Å². The van der Waals surface area contributed by atoms with Gasteiger partial charge in [0.15, 0.2) is 6.73 Å². The van der Waals surface area contributed by atoms with E-state index < -0.39 is 11.8 Å². The Kier molecular flexibility index (Phi) is 2.40. The second-order valence-electron chi connectivity index (χ2n) is 4.45. The van der Waals surface area contributed by atoms with Crippen LogP contribution in [0.4, 0.5) is 0 Å². The summed E-state index contributed by atoms with van der Waals surface area (Å²) >= 11 is 0. The van der Waals surface area contributed by atoms with E-state index in [1.165, 1.54) is 0 Å². The predicted molar refractivity (Wildman–Crippen MR) is 60.6 cm³/mol. The average Bonchev–Trinajstić information content (AvgIpc) is 3.19. The Bertz CT molecular complexity index is 513. The lowest BCUT2D eigenvalue weighted by molar-refractivity contribution is -0.147. The number of rotatable bonds is 3. The standard InChI is InChI=1S/C13H11NO4/c15-11-9-3-1-2-4-10(9)12(16)14(11)7-18-13(17)8-5-6-8/h1-4,8H,5-7H2. The molecular formula is C13H11NO4. The molecule has 0 aromatic heterocycles. The Labute approximate surface area is 103 Å². The molecule has 0 bridgehead atoms. The minimum Gasteiger partial charge on any atom is -0.443 e. The van der Waals surface area contributed by atoms with Gasteiger partial charge >= 0.3 is 5.97 Å². The molecule has 5 nitrogen and oxygen atoms in total.